The molecule has 0 spiro atoms. The second-order valence-corrected chi connectivity index (χ2v) is 6.56. The lowest BCUT2D eigenvalue weighted by Crippen LogP contribution is -2.16. The first kappa shape index (κ1) is 16.2. The Hall–Kier alpha value is -2.24. The van der Waals surface area contributed by atoms with Crippen molar-refractivity contribution in [2.24, 2.45) is 0 Å². The summed E-state index contributed by atoms with van der Waals surface area (Å²) in [6.45, 7) is 0.774. The summed E-state index contributed by atoms with van der Waals surface area (Å²) in [6.07, 6.45) is 2.40. The minimum absolute atomic E-state index is 0.618. The zero-order valence-electron chi connectivity index (χ0n) is 13.7. The molecule has 0 saturated heterocycles. The molecule has 0 radical (unpaired) electrons. The molecule has 1 aliphatic rings. The smallest absolute Gasteiger partial charge is 0.162 e. The van der Waals surface area contributed by atoms with Crippen molar-refractivity contribution in [1.82, 2.24) is 9.97 Å². The van der Waals surface area contributed by atoms with Crippen molar-refractivity contribution >= 4 is 45.6 Å². The molecule has 0 amide bonds. The van der Waals surface area contributed by atoms with Crippen LogP contribution in [0.5, 0.6) is 11.5 Å². The van der Waals surface area contributed by atoms with E-state index in [2.05, 4.69) is 14.9 Å². The van der Waals surface area contributed by atoms with Crippen molar-refractivity contribution in [2.75, 3.05) is 25.7 Å². The monoisotopic (exact) mass is 375 g/mol. The van der Waals surface area contributed by atoms with Crippen LogP contribution < -0.4 is 14.4 Å². The van der Waals surface area contributed by atoms with E-state index in [1.165, 1.54) is 0 Å². The molecule has 0 bridgehead atoms. The highest BCUT2D eigenvalue weighted by Crippen LogP contribution is 2.43. The summed E-state index contributed by atoms with van der Waals surface area (Å²) in [4.78, 5) is 11.0. The van der Waals surface area contributed by atoms with Crippen molar-refractivity contribution in [1.29, 1.82) is 0 Å². The van der Waals surface area contributed by atoms with E-state index < -0.39 is 0 Å². The highest BCUT2D eigenvalue weighted by atomic mass is 35.5. The number of ether oxygens (including phenoxy) is 2. The van der Waals surface area contributed by atoms with Gasteiger partial charge in [0.2, 0.25) is 0 Å². The Labute approximate surface area is 155 Å². The third-order valence-corrected chi connectivity index (χ3v) is 4.86. The number of methoxy groups -OCH3 is 2. The van der Waals surface area contributed by atoms with Crippen LogP contribution in [0.25, 0.3) is 10.9 Å². The van der Waals surface area contributed by atoms with Crippen molar-refractivity contribution in [2.45, 2.75) is 6.42 Å². The molecule has 0 unspecified atom stereocenters. The SMILES string of the molecule is COc1cc2ncnc(N3CCc4cc(Cl)cc(Cl)c43)c2cc1OC. The molecule has 128 valence electrons. The molecule has 0 fully saturated rings. The molecule has 5 nitrogen and oxygen atoms in total. The fraction of sp³-hybridized carbons (Fsp3) is 0.222. The van der Waals surface area contributed by atoms with Crippen LogP contribution in [0.4, 0.5) is 11.5 Å². The van der Waals surface area contributed by atoms with Crippen LogP contribution in [0.15, 0.2) is 30.6 Å². The van der Waals surface area contributed by atoms with Gasteiger partial charge in [-0.3, -0.25) is 0 Å². The molecular weight excluding hydrogens is 361 g/mol. The van der Waals surface area contributed by atoms with E-state index in [1.54, 1.807) is 26.6 Å². The van der Waals surface area contributed by atoms with Crippen molar-refractivity contribution in [3.8, 4) is 11.5 Å². The average molecular weight is 376 g/mol. The Morgan fingerprint density at radius 1 is 1.00 bits per heavy atom. The summed E-state index contributed by atoms with van der Waals surface area (Å²) in [5.74, 6) is 2.05. The zero-order chi connectivity index (χ0) is 17.6. The van der Waals surface area contributed by atoms with E-state index in [4.69, 9.17) is 32.7 Å². The Morgan fingerprint density at radius 3 is 2.52 bits per heavy atom. The first-order valence-electron chi connectivity index (χ1n) is 7.74. The molecule has 3 aromatic rings. The maximum absolute atomic E-state index is 6.46. The number of benzene rings is 2. The second kappa shape index (κ2) is 6.24. The van der Waals surface area contributed by atoms with E-state index in [9.17, 15) is 0 Å². The van der Waals surface area contributed by atoms with Gasteiger partial charge in [0.1, 0.15) is 12.1 Å². The second-order valence-electron chi connectivity index (χ2n) is 5.72. The molecular formula is C18H15Cl2N3O2. The van der Waals surface area contributed by atoms with E-state index >= 15 is 0 Å². The van der Waals surface area contributed by atoms with Crippen molar-refractivity contribution < 1.29 is 9.47 Å². The molecule has 0 atom stereocenters. The predicted octanol–water partition coefficient (Wildman–Crippen LogP) is 4.65. The highest BCUT2D eigenvalue weighted by molar-refractivity contribution is 6.37. The largest absolute Gasteiger partial charge is 0.493 e. The number of aromatic nitrogens is 2. The topological polar surface area (TPSA) is 47.5 Å². The number of nitrogens with zero attached hydrogens (tertiary/aromatic N) is 3. The number of anilines is 2. The van der Waals surface area contributed by atoms with Gasteiger partial charge in [0.25, 0.3) is 0 Å². The van der Waals surface area contributed by atoms with Gasteiger partial charge in [-0.05, 0) is 30.2 Å². The minimum atomic E-state index is 0.618. The number of rotatable bonds is 3. The van der Waals surface area contributed by atoms with Gasteiger partial charge in [0, 0.05) is 23.0 Å². The fourth-order valence-electron chi connectivity index (χ4n) is 3.25. The highest BCUT2D eigenvalue weighted by Gasteiger charge is 2.26. The van der Waals surface area contributed by atoms with Gasteiger partial charge in [0.05, 0.1) is 30.4 Å². The van der Waals surface area contributed by atoms with Gasteiger partial charge in [-0.25, -0.2) is 9.97 Å². The molecule has 0 saturated carbocycles. The number of hydrogen-bond donors (Lipinski definition) is 0. The third-order valence-electron chi connectivity index (χ3n) is 4.36. The number of fused-ring (bicyclic) bond motifs is 2. The lowest BCUT2D eigenvalue weighted by Gasteiger charge is -2.21. The lowest BCUT2D eigenvalue weighted by molar-refractivity contribution is 0.356. The van der Waals surface area contributed by atoms with E-state index in [-0.39, 0.29) is 0 Å². The fourth-order valence-corrected chi connectivity index (χ4v) is 3.89. The molecule has 2 heterocycles. The summed E-state index contributed by atoms with van der Waals surface area (Å²) in [5.41, 5.74) is 2.84. The molecule has 1 aliphatic heterocycles. The van der Waals surface area contributed by atoms with Gasteiger partial charge in [0.15, 0.2) is 11.5 Å². The standard InChI is InChI=1S/C18H15Cl2N3O2/c1-24-15-7-12-14(8-16(15)25-2)21-9-22-18(12)23-4-3-10-5-11(19)6-13(20)17(10)23/h5-9H,3-4H2,1-2H3. The maximum Gasteiger partial charge on any atom is 0.162 e. The van der Waals surface area contributed by atoms with Crippen molar-refractivity contribution in [3.05, 3.63) is 46.2 Å². The quantitative estimate of drug-likeness (QED) is 0.666. The normalized spacial score (nSPS) is 13.2. The van der Waals surface area contributed by atoms with Crippen LogP contribution in [0.1, 0.15) is 5.56 Å². The van der Waals surface area contributed by atoms with Crippen LogP contribution in [0, 0.1) is 0 Å². The summed E-state index contributed by atoms with van der Waals surface area (Å²) < 4.78 is 10.8. The average Bonchev–Trinajstić information content (AvgIpc) is 3.03. The lowest BCUT2D eigenvalue weighted by atomic mass is 10.1. The first-order valence-corrected chi connectivity index (χ1v) is 8.50. The number of halogens is 2. The summed E-state index contributed by atoms with van der Waals surface area (Å²) in [6, 6.07) is 7.45. The predicted molar refractivity (Wildman–Crippen MR) is 99.8 cm³/mol. The molecule has 7 heteroatoms. The van der Waals surface area contributed by atoms with Gasteiger partial charge in [-0.15, -0.1) is 0 Å². The van der Waals surface area contributed by atoms with Crippen molar-refractivity contribution in [3.63, 3.8) is 0 Å². The Balaban J connectivity index is 1.92. The Morgan fingerprint density at radius 2 is 1.76 bits per heavy atom. The zero-order valence-corrected chi connectivity index (χ0v) is 15.2. The van der Waals surface area contributed by atoms with Crippen LogP contribution in [0.3, 0.4) is 0 Å². The summed E-state index contributed by atoms with van der Waals surface area (Å²) in [5, 5.41) is 2.14. The first-order chi connectivity index (χ1) is 12.1. The summed E-state index contributed by atoms with van der Waals surface area (Å²) >= 11 is 12.6. The van der Waals surface area contributed by atoms with Crippen LogP contribution in [-0.4, -0.2) is 30.7 Å². The number of hydrogen-bond acceptors (Lipinski definition) is 5. The molecule has 2 aromatic carbocycles. The van der Waals surface area contributed by atoms with E-state index in [0.717, 1.165) is 40.9 Å². The molecule has 0 aliphatic carbocycles. The molecule has 1 aromatic heterocycles. The van der Waals surface area contributed by atoms with Gasteiger partial charge in [-0.2, -0.15) is 0 Å². The van der Waals surface area contributed by atoms with Gasteiger partial charge in [-0.1, -0.05) is 23.2 Å². The molecule has 0 N–H and O–H groups in total. The van der Waals surface area contributed by atoms with E-state index in [0.29, 0.717) is 21.5 Å². The van der Waals surface area contributed by atoms with E-state index in [1.807, 2.05) is 18.2 Å². The molecule has 4 rings (SSSR count). The summed E-state index contributed by atoms with van der Waals surface area (Å²) in [7, 11) is 3.21. The Bertz CT molecular complexity index is 978. The Kier molecular flexibility index (Phi) is 4.06. The van der Waals surface area contributed by atoms with Gasteiger partial charge < -0.3 is 14.4 Å². The maximum atomic E-state index is 6.46. The molecule has 25 heavy (non-hydrogen) atoms. The van der Waals surface area contributed by atoms with Crippen LogP contribution in [0.2, 0.25) is 10.0 Å². The van der Waals surface area contributed by atoms with Crippen LogP contribution in [-0.2, 0) is 6.42 Å². The third kappa shape index (κ3) is 2.64. The minimum Gasteiger partial charge on any atom is -0.493 e. The van der Waals surface area contributed by atoms with Gasteiger partial charge >= 0.3 is 0 Å². The van der Waals surface area contributed by atoms with Crippen LogP contribution >= 0.6 is 23.2 Å².